The third-order valence-electron chi connectivity index (χ3n) is 10.1. The fraction of sp³-hybridized carbons (Fsp3) is 0.600. The Balaban J connectivity index is 0.688. The number of imide groups is 3. The smallest absolute Gasteiger partial charge is 0.264 e. The quantitative estimate of drug-likeness (QED) is 0.0706. The molecule has 0 aromatic heterocycles. The summed E-state index contributed by atoms with van der Waals surface area (Å²) in [6.45, 7) is 9.63. The number of benzene rings is 2. The summed E-state index contributed by atoms with van der Waals surface area (Å²) in [6.07, 6.45) is 0.156. The molecule has 1 fully saturated rings. The van der Waals surface area contributed by atoms with E-state index >= 15 is 0 Å². The van der Waals surface area contributed by atoms with Crippen molar-refractivity contribution in [1.82, 2.24) is 15.1 Å². The topological polar surface area (TPSA) is 234 Å². The largest absolute Gasteiger partial charge is 0.382 e. The highest BCUT2D eigenvalue weighted by atomic mass is 16.6. The second-order valence-electron chi connectivity index (χ2n) is 14.6. The van der Waals surface area contributed by atoms with Crippen LogP contribution in [0.5, 0.6) is 0 Å². The summed E-state index contributed by atoms with van der Waals surface area (Å²) in [5, 5.41) is 5.33. The molecule has 364 valence electrons. The summed E-state index contributed by atoms with van der Waals surface area (Å²) in [4.78, 5) is 76.8. The predicted octanol–water partition coefficient (Wildman–Crippen LogP) is 0.979. The maximum absolute atomic E-state index is 13.2. The Morgan fingerprint density at radius 3 is 1.27 bits per heavy atom. The summed E-state index contributed by atoms with van der Waals surface area (Å²) in [5.41, 5.74) is 1.75. The van der Waals surface area contributed by atoms with Crippen molar-refractivity contribution in [3.63, 3.8) is 0 Å². The van der Waals surface area contributed by atoms with Crippen LogP contribution in [-0.2, 0) is 61.7 Å². The number of ether oxygens (including phenoxy) is 11. The van der Waals surface area contributed by atoms with Crippen molar-refractivity contribution in [2.24, 2.45) is 0 Å². The molecule has 21 heteroatoms. The molecule has 0 radical (unpaired) electrons. The average Bonchev–Trinajstić information content (AvgIpc) is 3.72. The van der Waals surface area contributed by atoms with Crippen LogP contribution < -0.4 is 10.6 Å². The minimum absolute atomic E-state index is 0.0594. The molecule has 1 saturated heterocycles. The minimum Gasteiger partial charge on any atom is -0.382 e. The monoisotopic (exact) mass is 930 g/mol. The van der Waals surface area contributed by atoms with Crippen LogP contribution >= 0.6 is 0 Å². The molecule has 0 spiro atoms. The van der Waals surface area contributed by atoms with Gasteiger partial charge in [-0.2, -0.15) is 0 Å². The SMILES string of the molecule is O=C1CCC(N2C(=O)c3cccc(NCCOCCOCCOCCOCCOCCOCCOCCOCCOCCOCCOCCN4C(=O)c5ccccc5C4=O)c3C2=O)C(=O)N1. The highest BCUT2D eigenvalue weighted by Crippen LogP contribution is 2.32. The summed E-state index contributed by atoms with van der Waals surface area (Å²) < 4.78 is 60.6. The van der Waals surface area contributed by atoms with Crippen molar-refractivity contribution < 1.29 is 80.9 Å². The van der Waals surface area contributed by atoms with Crippen LogP contribution in [0.2, 0.25) is 0 Å². The first-order valence-corrected chi connectivity index (χ1v) is 22.3. The number of carbonyl (C=O) groups is 6. The lowest BCUT2D eigenvalue weighted by Gasteiger charge is -2.27. The molecule has 0 saturated carbocycles. The van der Waals surface area contributed by atoms with Gasteiger partial charge in [-0.15, -0.1) is 0 Å². The average molecular weight is 931 g/mol. The Morgan fingerprint density at radius 2 is 0.848 bits per heavy atom. The van der Waals surface area contributed by atoms with E-state index in [1.165, 1.54) is 4.90 Å². The number of carbonyl (C=O) groups excluding carboxylic acids is 6. The summed E-state index contributed by atoms with van der Waals surface area (Å²) in [7, 11) is 0. The Bertz CT molecular complexity index is 1820. The van der Waals surface area contributed by atoms with Crippen molar-refractivity contribution in [1.29, 1.82) is 0 Å². The van der Waals surface area contributed by atoms with Gasteiger partial charge in [0.15, 0.2) is 0 Å². The maximum Gasteiger partial charge on any atom is 0.264 e. The van der Waals surface area contributed by atoms with Crippen molar-refractivity contribution in [3.8, 4) is 0 Å². The number of hydrogen-bond donors (Lipinski definition) is 2. The number of nitrogens with one attached hydrogen (secondary N) is 2. The van der Waals surface area contributed by atoms with E-state index in [9.17, 15) is 28.8 Å². The molecule has 5 rings (SSSR count). The molecule has 0 bridgehead atoms. The van der Waals surface area contributed by atoms with Crippen molar-refractivity contribution >= 4 is 41.1 Å². The van der Waals surface area contributed by atoms with E-state index in [-0.39, 0.29) is 48.9 Å². The number of hydrogen-bond acceptors (Lipinski definition) is 18. The third kappa shape index (κ3) is 17.1. The zero-order chi connectivity index (χ0) is 46.6. The molecule has 3 aliphatic heterocycles. The van der Waals surface area contributed by atoms with E-state index < -0.39 is 29.7 Å². The van der Waals surface area contributed by atoms with Gasteiger partial charge >= 0.3 is 0 Å². The van der Waals surface area contributed by atoms with Crippen LogP contribution in [0.25, 0.3) is 0 Å². The van der Waals surface area contributed by atoms with Gasteiger partial charge in [0, 0.05) is 18.7 Å². The van der Waals surface area contributed by atoms with Gasteiger partial charge in [-0.25, -0.2) is 0 Å². The lowest BCUT2D eigenvalue weighted by Crippen LogP contribution is -2.54. The zero-order valence-corrected chi connectivity index (χ0v) is 37.3. The molecule has 1 atom stereocenters. The third-order valence-corrected chi connectivity index (χ3v) is 10.1. The summed E-state index contributed by atoms with van der Waals surface area (Å²) in [5.74, 6) is -2.77. The fourth-order valence-corrected chi connectivity index (χ4v) is 6.82. The first-order valence-electron chi connectivity index (χ1n) is 22.3. The number of nitrogens with zero attached hydrogens (tertiary/aromatic N) is 2. The predicted molar refractivity (Wildman–Crippen MR) is 232 cm³/mol. The van der Waals surface area contributed by atoms with Crippen molar-refractivity contribution in [2.45, 2.75) is 18.9 Å². The molecule has 2 N–H and O–H groups in total. The van der Waals surface area contributed by atoms with Crippen LogP contribution in [0.4, 0.5) is 5.69 Å². The highest BCUT2D eigenvalue weighted by molar-refractivity contribution is 6.25. The van der Waals surface area contributed by atoms with Gasteiger partial charge in [0.1, 0.15) is 6.04 Å². The van der Waals surface area contributed by atoms with E-state index in [0.717, 1.165) is 4.90 Å². The van der Waals surface area contributed by atoms with Gasteiger partial charge in [-0.05, 0) is 30.7 Å². The fourth-order valence-electron chi connectivity index (χ4n) is 6.82. The van der Waals surface area contributed by atoms with Crippen LogP contribution in [0.3, 0.4) is 0 Å². The molecule has 6 amide bonds. The first-order chi connectivity index (χ1) is 32.4. The van der Waals surface area contributed by atoms with E-state index in [1.807, 2.05) is 0 Å². The molecular weight excluding hydrogens is 869 g/mol. The highest BCUT2D eigenvalue weighted by Gasteiger charge is 2.45. The van der Waals surface area contributed by atoms with Crippen molar-refractivity contribution in [3.05, 3.63) is 64.7 Å². The molecule has 21 nitrogen and oxygen atoms in total. The van der Waals surface area contributed by atoms with Gasteiger partial charge in [0.05, 0.1) is 174 Å². The van der Waals surface area contributed by atoms with Crippen molar-refractivity contribution in [2.75, 3.05) is 164 Å². The molecule has 1 unspecified atom stereocenters. The van der Waals surface area contributed by atoms with Crippen LogP contribution in [-0.4, -0.2) is 210 Å². The number of amides is 6. The number of piperidine rings is 1. The molecule has 66 heavy (non-hydrogen) atoms. The van der Waals surface area contributed by atoms with E-state index in [4.69, 9.17) is 52.1 Å². The number of fused-ring (bicyclic) bond motifs is 2. The van der Waals surface area contributed by atoms with Crippen LogP contribution in [0.15, 0.2) is 42.5 Å². The second kappa shape index (κ2) is 30.5. The molecule has 3 aliphatic rings. The molecule has 2 aromatic rings. The summed E-state index contributed by atoms with van der Waals surface area (Å²) >= 11 is 0. The van der Waals surface area contributed by atoms with Gasteiger partial charge < -0.3 is 57.4 Å². The second-order valence-corrected chi connectivity index (χ2v) is 14.6. The molecule has 2 aromatic carbocycles. The van der Waals surface area contributed by atoms with E-state index in [2.05, 4.69) is 10.6 Å². The Labute approximate surface area is 383 Å². The lowest BCUT2D eigenvalue weighted by atomic mass is 10.0. The number of rotatable bonds is 38. The van der Waals surface area contributed by atoms with E-state index in [1.54, 1.807) is 42.5 Å². The standard InChI is InChI=1S/C45H62N4O17/c50-39-9-8-38(41(51)47-39)49-44(54)36-6-3-7-37(40(36)45(49)55)46-10-12-56-14-16-58-18-20-60-22-24-62-26-28-64-30-32-66-33-31-65-29-27-63-25-23-61-21-19-59-17-15-57-13-11-48-42(52)34-4-1-2-5-35(34)43(48)53/h1-7,38,46H,8-33H2,(H,47,50,51). The van der Waals surface area contributed by atoms with Gasteiger partial charge in [-0.3, -0.25) is 43.9 Å². The normalized spacial score (nSPS) is 15.8. The van der Waals surface area contributed by atoms with E-state index in [0.29, 0.717) is 162 Å². The Kier molecular flexibility index (Phi) is 24.1. The van der Waals surface area contributed by atoms with Gasteiger partial charge in [0.2, 0.25) is 11.8 Å². The van der Waals surface area contributed by atoms with Crippen LogP contribution in [0, 0.1) is 0 Å². The number of anilines is 1. The molecule has 0 aliphatic carbocycles. The molecular formula is C45H62N4O17. The zero-order valence-electron chi connectivity index (χ0n) is 37.3. The maximum atomic E-state index is 13.2. The minimum atomic E-state index is -1.02. The summed E-state index contributed by atoms with van der Waals surface area (Å²) in [6, 6.07) is 10.7. The first kappa shape index (κ1) is 52.2. The Morgan fingerprint density at radius 1 is 0.455 bits per heavy atom. The van der Waals surface area contributed by atoms with Gasteiger partial charge in [0.25, 0.3) is 23.6 Å². The molecule has 3 heterocycles. The Hall–Kier alpha value is -4.78. The van der Waals surface area contributed by atoms with Crippen LogP contribution in [0.1, 0.15) is 54.3 Å². The van der Waals surface area contributed by atoms with Gasteiger partial charge in [-0.1, -0.05) is 18.2 Å². The lowest BCUT2D eigenvalue weighted by molar-refractivity contribution is -0.136.